The van der Waals surface area contributed by atoms with Crippen molar-refractivity contribution < 1.29 is 9.59 Å². The monoisotopic (exact) mass is 451 g/mol. The van der Waals surface area contributed by atoms with Gasteiger partial charge in [0.25, 0.3) is 11.5 Å². The smallest absolute Gasteiger partial charge is 0.271 e. The molecule has 0 saturated carbocycles. The highest BCUT2D eigenvalue weighted by Crippen LogP contribution is 2.18. The van der Waals surface area contributed by atoms with Crippen molar-refractivity contribution in [3.63, 3.8) is 0 Å². The van der Waals surface area contributed by atoms with E-state index in [0.717, 1.165) is 0 Å². The second kappa shape index (κ2) is 9.23. The predicted octanol–water partition coefficient (Wildman–Crippen LogP) is 2.81. The zero-order chi connectivity index (χ0) is 22.7. The van der Waals surface area contributed by atoms with Gasteiger partial charge < -0.3 is 15.1 Å². The molecule has 0 aliphatic carbocycles. The van der Waals surface area contributed by atoms with Crippen LogP contribution < -0.4 is 15.8 Å². The minimum atomic E-state index is -0.243. The molecule has 32 heavy (non-hydrogen) atoms. The molecular weight excluding hydrogens is 430 g/mol. The average Bonchev–Trinajstić information content (AvgIpc) is 2.79. The van der Waals surface area contributed by atoms with E-state index in [1.807, 2.05) is 4.90 Å². The van der Waals surface area contributed by atoms with Crippen molar-refractivity contribution in [1.29, 1.82) is 0 Å². The summed E-state index contributed by atoms with van der Waals surface area (Å²) < 4.78 is 1.33. The highest BCUT2D eigenvalue weighted by atomic mass is 35.5. The van der Waals surface area contributed by atoms with Gasteiger partial charge in [-0.15, -0.1) is 5.10 Å². The van der Waals surface area contributed by atoms with Gasteiger partial charge in [0.1, 0.15) is 5.82 Å². The van der Waals surface area contributed by atoms with E-state index >= 15 is 0 Å². The Balaban J connectivity index is 1.43. The molecule has 0 atom stereocenters. The molecule has 8 nitrogen and oxygen atoms in total. The number of nitrogens with zero attached hydrogens (tertiary/aromatic N) is 4. The van der Waals surface area contributed by atoms with Gasteiger partial charge in [0.15, 0.2) is 0 Å². The molecule has 2 aromatic carbocycles. The molecule has 0 bridgehead atoms. The van der Waals surface area contributed by atoms with Crippen molar-refractivity contribution in [2.45, 2.75) is 6.92 Å². The van der Waals surface area contributed by atoms with Gasteiger partial charge >= 0.3 is 0 Å². The maximum Gasteiger partial charge on any atom is 0.271 e. The van der Waals surface area contributed by atoms with Gasteiger partial charge in [-0.05, 0) is 48.5 Å². The number of carbonyl (C=O) groups is 2. The molecule has 2 amide bonds. The number of nitrogens with one attached hydrogen (secondary N) is 1. The number of hydrogen-bond donors (Lipinski definition) is 1. The fourth-order valence-corrected chi connectivity index (χ4v) is 3.77. The predicted molar refractivity (Wildman–Crippen MR) is 124 cm³/mol. The first kappa shape index (κ1) is 21.6. The molecule has 1 aliphatic heterocycles. The molecule has 164 valence electrons. The minimum absolute atomic E-state index is 0.0594. The fraction of sp³-hybridized carbons (Fsp3) is 0.217. The first-order valence-electron chi connectivity index (χ1n) is 10.2. The van der Waals surface area contributed by atoms with Gasteiger partial charge in [0.2, 0.25) is 5.91 Å². The first-order valence-corrected chi connectivity index (χ1v) is 10.6. The molecule has 1 aromatic heterocycles. The Hall–Kier alpha value is -3.65. The van der Waals surface area contributed by atoms with E-state index in [4.69, 9.17) is 11.6 Å². The molecule has 1 N–H and O–H groups in total. The Labute approximate surface area is 190 Å². The van der Waals surface area contributed by atoms with Crippen LogP contribution in [0.2, 0.25) is 5.02 Å². The van der Waals surface area contributed by atoms with Crippen LogP contribution in [0, 0.1) is 0 Å². The summed E-state index contributed by atoms with van der Waals surface area (Å²) in [7, 11) is 0. The van der Waals surface area contributed by atoms with Crippen molar-refractivity contribution in [2.75, 3.05) is 36.4 Å². The van der Waals surface area contributed by atoms with Crippen molar-refractivity contribution >= 4 is 34.9 Å². The summed E-state index contributed by atoms with van der Waals surface area (Å²) in [6, 6.07) is 17.0. The molecule has 0 radical (unpaired) electrons. The Morgan fingerprint density at radius 2 is 1.69 bits per heavy atom. The van der Waals surface area contributed by atoms with E-state index in [0.29, 0.717) is 54.0 Å². The van der Waals surface area contributed by atoms with Crippen molar-refractivity contribution in [1.82, 2.24) is 14.7 Å². The number of amides is 2. The Kier molecular flexibility index (Phi) is 6.23. The molecule has 1 aliphatic rings. The zero-order valence-electron chi connectivity index (χ0n) is 17.5. The van der Waals surface area contributed by atoms with Gasteiger partial charge in [0, 0.05) is 55.4 Å². The SMILES string of the molecule is CC(=O)Nc1ccc(C(=O)N2CCN(c3ccc(=O)n(-c4cccc(Cl)c4)n3)CC2)cc1. The third kappa shape index (κ3) is 4.81. The summed E-state index contributed by atoms with van der Waals surface area (Å²) in [6.07, 6.45) is 0. The number of halogens is 1. The normalized spacial score (nSPS) is 13.7. The Bertz CT molecular complexity index is 1200. The van der Waals surface area contributed by atoms with Crippen LogP contribution in [-0.4, -0.2) is 52.7 Å². The van der Waals surface area contributed by atoms with Crippen molar-refractivity contribution in [3.05, 3.63) is 81.6 Å². The third-order valence-corrected chi connectivity index (χ3v) is 5.42. The van der Waals surface area contributed by atoms with Crippen LogP contribution in [0.5, 0.6) is 0 Å². The average molecular weight is 452 g/mol. The van der Waals surface area contributed by atoms with Gasteiger partial charge in [-0.2, -0.15) is 4.68 Å². The summed E-state index contributed by atoms with van der Waals surface area (Å²) in [5.41, 5.74) is 1.58. The molecule has 9 heteroatoms. The largest absolute Gasteiger partial charge is 0.352 e. The standard InChI is InChI=1S/C23H22ClN5O3/c1-16(30)25-19-7-5-17(6-8-19)23(32)28-13-11-27(12-14-28)21-9-10-22(31)29(26-21)20-4-2-3-18(24)15-20/h2-10,15H,11-14H2,1H3,(H,25,30). The Morgan fingerprint density at radius 1 is 0.969 bits per heavy atom. The van der Waals surface area contributed by atoms with Gasteiger partial charge in [-0.3, -0.25) is 14.4 Å². The molecular formula is C23H22ClN5O3. The van der Waals surface area contributed by atoms with Crippen molar-refractivity contribution in [3.8, 4) is 5.69 Å². The van der Waals surface area contributed by atoms with E-state index < -0.39 is 0 Å². The summed E-state index contributed by atoms with van der Waals surface area (Å²) in [5, 5.41) is 7.72. The number of rotatable bonds is 4. The quantitative estimate of drug-likeness (QED) is 0.659. The molecule has 4 rings (SSSR count). The number of anilines is 2. The third-order valence-electron chi connectivity index (χ3n) is 5.18. The topological polar surface area (TPSA) is 87.5 Å². The van der Waals surface area contributed by atoms with Crippen LogP contribution >= 0.6 is 11.6 Å². The Morgan fingerprint density at radius 3 is 2.34 bits per heavy atom. The number of hydrogen-bond acceptors (Lipinski definition) is 5. The molecule has 1 fully saturated rings. The zero-order valence-corrected chi connectivity index (χ0v) is 18.2. The van der Waals surface area contributed by atoms with Crippen LogP contribution in [-0.2, 0) is 4.79 Å². The lowest BCUT2D eigenvalue weighted by Gasteiger charge is -2.35. The van der Waals surface area contributed by atoms with Gasteiger partial charge in [-0.25, -0.2) is 0 Å². The lowest BCUT2D eigenvalue weighted by atomic mass is 10.1. The summed E-state index contributed by atoms with van der Waals surface area (Å²) in [6.45, 7) is 3.69. The van der Waals surface area contributed by atoms with E-state index in [1.54, 1.807) is 59.5 Å². The molecule has 0 unspecified atom stereocenters. The lowest BCUT2D eigenvalue weighted by Crippen LogP contribution is -2.49. The van der Waals surface area contributed by atoms with Crippen LogP contribution in [0.3, 0.4) is 0 Å². The molecule has 0 spiro atoms. The summed E-state index contributed by atoms with van der Waals surface area (Å²) in [5.74, 6) is 0.447. The molecule has 2 heterocycles. The van der Waals surface area contributed by atoms with Gasteiger partial charge in [-0.1, -0.05) is 17.7 Å². The van der Waals surface area contributed by atoms with Crippen molar-refractivity contribution in [2.24, 2.45) is 0 Å². The van der Waals surface area contributed by atoms with E-state index in [2.05, 4.69) is 10.4 Å². The number of benzene rings is 2. The van der Waals surface area contributed by atoms with E-state index in [9.17, 15) is 14.4 Å². The minimum Gasteiger partial charge on any atom is -0.352 e. The second-order valence-corrected chi connectivity index (χ2v) is 7.90. The van der Waals surface area contributed by atoms with Crippen LogP contribution in [0.25, 0.3) is 5.69 Å². The summed E-state index contributed by atoms with van der Waals surface area (Å²) >= 11 is 6.05. The number of aromatic nitrogens is 2. The number of piperazine rings is 1. The maximum absolute atomic E-state index is 12.8. The molecule has 1 saturated heterocycles. The highest BCUT2D eigenvalue weighted by Gasteiger charge is 2.23. The maximum atomic E-state index is 12.8. The molecule has 3 aromatic rings. The van der Waals surface area contributed by atoms with Crippen LogP contribution in [0.15, 0.2) is 65.5 Å². The van der Waals surface area contributed by atoms with E-state index in [1.165, 1.54) is 17.7 Å². The van der Waals surface area contributed by atoms with Gasteiger partial charge in [0.05, 0.1) is 5.69 Å². The second-order valence-electron chi connectivity index (χ2n) is 7.46. The fourth-order valence-electron chi connectivity index (χ4n) is 3.58. The lowest BCUT2D eigenvalue weighted by molar-refractivity contribution is -0.114. The van der Waals surface area contributed by atoms with E-state index in [-0.39, 0.29) is 17.4 Å². The summed E-state index contributed by atoms with van der Waals surface area (Å²) in [4.78, 5) is 40.1. The first-order chi connectivity index (χ1) is 15.4. The van der Waals surface area contributed by atoms with Crippen LogP contribution in [0.1, 0.15) is 17.3 Å². The number of carbonyl (C=O) groups excluding carboxylic acids is 2. The highest BCUT2D eigenvalue weighted by molar-refractivity contribution is 6.30. The van der Waals surface area contributed by atoms with Crippen LogP contribution in [0.4, 0.5) is 11.5 Å².